The minimum atomic E-state index is 0.00686. The maximum atomic E-state index is 13.0. The van der Waals surface area contributed by atoms with E-state index in [4.69, 9.17) is 14.2 Å². The Labute approximate surface area is 160 Å². The number of carbonyl (C=O) groups excluding carboxylic acids is 1. The van der Waals surface area contributed by atoms with E-state index in [2.05, 4.69) is 24.3 Å². The molecular weight excluding hydrogens is 342 g/mol. The Morgan fingerprint density at radius 2 is 1.56 bits per heavy atom. The molecule has 2 aromatic rings. The number of nitrogens with zero attached hydrogens (tertiary/aromatic N) is 1. The topological polar surface area (TPSA) is 48.0 Å². The summed E-state index contributed by atoms with van der Waals surface area (Å²) >= 11 is 0. The lowest BCUT2D eigenvalue weighted by Gasteiger charge is -2.32. The monoisotopic (exact) mass is 369 g/mol. The molecule has 27 heavy (non-hydrogen) atoms. The smallest absolute Gasteiger partial charge is 0.254 e. The molecule has 0 saturated carbocycles. The van der Waals surface area contributed by atoms with Crippen LogP contribution in [-0.2, 0) is 6.42 Å². The zero-order chi connectivity index (χ0) is 19.2. The van der Waals surface area contributed by atoms with Gasteiger partial charge >= 0.3 is 0 Å². The highest BCUT2D eigenvalue weighted by Crippen LogP contribution is 2.38. The van der Waals surface area contributed by atoms with E-state index in [9.17, 15) is 4.79 Å². The summed E-state index contributed by atoms with van der Waals surface area (Å²) in [5.74, 6) is 2.13. The molecule has 2 aromatic carbocycles. The van der Waals surface area contributed by atoms with Gasteiger partial charge in [-0.2, -0.15) is 0 Å². The van der Waals surface area contributed by atoms with Crippen molar-refractivity contribution in [3.63, 3.8) is 0 Å². The second kappa shape index (κ2) is 8.80. The lowest BCUT2D eigenvalue weighted by molar-refractivity contribution is 0.0689. The van der Waals surface area contributed by atoms with Crippen LogP contribution >= 0.6 is 0 Å². The largest absolute Gasteiger partial charge is 0.493 e. The summed E-state index contributed by atoms with van der Waals surface area (Å²) in [7, 11) is 4.67. The Morgan fingerprint density at radius 1 is 0.963 bits per heavy atom. The molecule has 144 valence electrons. The Morgan fingerprint density at radius 3 is 2.07 bits per heavy atom. The molecule has 3 rings (SSSR count). The Hall–Kier alpha value is -2.69. The van der Waals surface area contributed by atoms with E-state index in [0.717, 1.165) is 32.4 Å². The highest BCUT2D eigenvalue weighted by atomic mass is 16.5. The first-order valence-electron chi connectivity index (χ1n) is 9.29. The van der Waals surface area contributed by atoms with Gasteiger partial charge in [-0.25, -0.2) is 0 Å². The molecule has 1 aliphatic rings. The predicted molar refractivity (Wildman–Crippen MR) is 105 cm³/mol. The van der Waals surface area contributed by atoms with Crippen molar-refractivity contribution in [3.05, 3.63) is 53.6 Å². The van der Waals surface area contributed by atoms with E-state index in [1.54, 1.807) is 33.5 Å². The molecule has 0 N–H and O–H groups in total. The van der Waals surface area contributed by atoms with Crippen LogP contribution in [0.2, 0.25) is 0 Å². The van der Waals surface area contributed by atoms with Crippen LogP contribution in [0.4, 0.5) is 0 Å². The van der Waals surface area contributed by atoms with Gasteiger partial charge in [0.1, 0.15) is 0 Å². The van der Waals surface area contributed by atoms with E-state index in [0.29, 0.717) is 28.7 Å². The van der Waals surface area contributed by atoms with E-state index in [1.165, 1.54) is 5.56 Å². The molecule has 1 aliphatic heterocycles. The van der Waals surface area contributed by atoms with Crippen LogP contribution in [0, 0.1) is 5.92 Å². The molecule has 0 aromatic heterocycles. The average molecular weight is 369 g/mol. The van der Waals surface area contributed by atoms with Crippen molar-refractivity contribution in [2.75, 3.05) is 34.4 Å². The van der Waals surface area contributed by atoms with E-state index in [-0.39, 0.29) is 5.91 Å². The van der Waals surface area contributed by atoms with Gasteiger partial charge in [-0.15, -0.1) is 0 Å². The number of hydrogen-bond acceptors (Lipinski definition) is 4. The minimum Gasteiger partial charge on any atom is -0.493 e. The number of ether oxygens (including phenoxy) is 3. The zero-order valence-electron chi connectivity index (χ0n) is 16.2. The first-order chi connectivity index (χ1) is 13.2. The third-order valence-corrected chi connectivity index (χ3v) is 5.18. The van der Waals surface area contributed by atoms with Gasteiger partial charge in [0.15, 0.2) is 11.5 Å². The summed E-state index contributed by atoms with van der Waals surface area (Å²) in [5, 5.41) is 0. The van der Waals surface area contributed by atoms with Crippen LogP contribution in [0.15, 0.2) is 42.5 Å². The summed E-state index contributed by atoms with van der Waals surface area (Å²) < 4.78 is 16.1. The molecule has 1 amide bonds. The Kier molecular flexibility index (Phi) is 6.22. The minimum absolute atomic E-state index is 0.00686. The highest BCUT2D eigenvalue weighted by Gasteiger charge is 2.25. The lowest BCUT2D eigenvalue weighted by Crippen LogP contribution is -2.38. The van der Waals surface area contributed by atoms with Crippen LogP contribution in [-0.4, -0.2) is 45.2 Å². The van der Waals surface area contributed by atoms with Crippen molar-refractivity contribution < 1.29 is 19.0 Å². The molecule has 0 radical (unpaired) electrons. The van der Waals surface area contributed by atoms with Crippen molar-refractivity contribution in [1.82, 2.24) is 4.90 Å². The first kappa shape index (κ1) is 19.1. The summed E-state index contributed by atoms with van der Waals surface area (Å²) in [6.45, 7) is 1.54. The predicted octanol–water partition coefficient (Wildman–Crippen LogP) is 3.81. The molecule has 0 spiro atoms. The number of methoxy groups -OCH3 is 3. The third-order valence-electron chi connectivity index (χ3n) is 5.18. The van der Waals surface area contributed by atoms with E-state index in [1.807, 2.05) is 11.0 Å². The van der Waals surface area contributed by atoms with E-state index >= 15 is 0 Å². The summed E-state index contributed by atoms with van der Waals surface area (Å²) in [4.78, 5) is 14.9. The van der Waals surface area contributed by atoms with Gasteiger partial charge in [0.05, 0.1) is 21.3 Å². The maximum absolute atomic E-state index is 13.0. The number of amides is 1. The Bertz CT molecular complexity index is 742. The number of hydrogen-bond donors (Lipinski definition) is 0. The van der Waals surface area contributed by atoms with Crippen LogP contribution in [0.5, 0.6) is 17.2 Å². The molecule has 5 heteroatoms. The normalized spacial score (nSPS) is 14.7. The zero-order valence-corrected chi connectivity index (χ0v) is 16.2. The number of benzene rings is 2. The number of likely N-dealkylation sites (tertiary alicyclic amines) is 1. The van der Waals surface area contributed by atoms with Crippen LogP contribution in [0.3, 0.4) is 0 Å². The van der Waals surface area contributed by atoms with Crippen LogP contribution in [0.1, 0.15) is 28.8 Å². The quantitative estimate of drug-likeness (QED) is 0.777. The third kappa shape index (κ3) is 4.35. The highest BCUT2D eigenvalue weighted by molar-refractivity contribution is 5.95. The van der Waals surface area contributed by atoms with Gasteiger partial charge in [0.25, 0.3) is 5.91 Å². The average Bonchev–Trinajstić information content (AvgIpc) is 2.73. The van der Waals surface area contributed by atoms with Gasteiger partial charge in [-0.3, -0.25) is 4.79 Å². The second-order valence-corrected chi connectivity index (χ2v) is 6.84. The molecule has 1 heterocycles. The fraction of sp³-hybridized carbons (Fsp3) is 0.409. The first-order valence-corrected chi connectivity index (χ1v) is 9.29. The number of piperidine rings is 1. The van der Waals surface area contributed by atoms with Gasteiger partial charge in [-0.05, 0) is 42.9 Å². The molecular formula is C22H27NO4. The lowest BCUT2D eigenvalue weighted by atomic mass is 9.90. The van der Waals surface area contributed by atoms with Crippen molar-refractivity contribution >= 4 is 5.91 Å². The van der Waals surface area contributed by atoms with Gasteiger partial charge in [0.2, 0.25) is 5.75 Å². The number of carbonyl (C=O) groups is 1. The molecule has 0 aliphatic carbocycles. The SMILES string of the molecule is COc1cc(C(=O)N2CCC(Cc3ccccc3)CC2)cc(OC)c1OC. The standard InChI is InChI=1S/C22H27NO4/c1-25-19-14-18(15-20(26-2)21(19)27-3)22(24)23-11-9-17(10-12-23)13-16-7-5-4-6-8-16/h4-8,14-15,17H,9-13H2,1-3H3. The van der Waals surface area contributed by atoms with Gasteiger partial charge < -0.3 is 19.1 Å². The molecule has 0 bridgehead atoms. The maximum Gasteiger partial charge on any atom is 0.254 e. The molecule has 1 saturated heterocycles. The van der Waals surface area contributed by atoms with Crippen LogP contribution in [0.25, 0.3) is 0 Å². The fourth-order valence-corrected chi connectivity index (χ4v) is 3.67. The van der Waals surface area contributed by atoms with Crippen LogP contribution < -0.4 is 14.2 Å². The molecule has 1 fully saturated rings. The van der Waals surface area contributed by atoms with E-state index < -0.39 is 0 Å². The van der Waals surface area contributed by atoms with Crippen molar-refractivity contribution in [3.8, 4) is 17.2 Å². The molecule has 0 atom stereocenters. The van der Waals surface area contributed by atoms with Crippen molar-refractivity contribution in [2.45, 2.75) is 19.3 Å². The van der Waals surface area contributed by atoms with Gasteiger partial charge in [-0.1, -0.05) is 30.3 Å². The molecule has 5 nitrogen and oxygen atoms in total. The summed E-state index contributed by atoms with van der Waals surface area (Å²) in [6, 6.07) is 14.0. The van der Waals surface area contributed by atoms with Crippen molar-refractivity contribution in [2.24, 2.45) is 5.92 Å². The van der Waals surface area contributed by atoms with Gasteiger partial charge in [0, 0.05) is 18.7 Å². The summed E-state index contributed by atoms with van der Waals surface area (Å²) in [5.41, 5.74) is 1.93. The number of rotatable bonds is 6. The second-order valence-electron chi connectivity index (χ2n) is 6.84. The Balaban J connectivity index is 1.67. The van der Waals surface area contributed by atoms with Crippen molar-refractivity contribution in [1.29, 1.82) is 0 Å². The molecule has 0 unspecified atom stereocenters. The fourth-order valence-electron chi connectivity index (χ4n) is 3.67. The summed E-state index contributed by atoms with van der Waals surface area (Å²) in [6.07, 6.45) is 3.11.